The molecule has 0 fully saturated rings. The summed E-state index contributed by atoms with van der Waals surface area (Å²) in [5.74, 6) is 6.20. The van der Waals surface area contributed by atoms with E-state index in [1.807, 2.05) is 35.7 Å². The van der Waals surface area contributed by atoms with Gasteiger partial charge in [-0.25, -0.2) is 4.98 Å². The fourth-order valence-electron chi connectivity index (χ4n) is 3.09. The Morgan fingerprint density at radius 1 is 1.27 bits per heavy atom. The van der Waals surface area contributed by atoms with Gasteiger partial charge < -0.3 is 15.2 Å². The average Bonchev–Trinajstić information content (AvgIpc) is 3.31. The molecule has 1 amide bonds. The number of thiazole rings is 1. The highest BCUT2D eigenvalue weighted by Crippen LogP contribution is 2.39. The quantitative estimate of drug-likeness (QED) is 0.259. The lowest BCUT2D eigenvalue weighted by Crippen LogP contribution is -2.30. The lowest BCUT2D eigenvalue weighted by molar-refractivity contribution is 0.0131. The van der Waals surface area contributed by atoms with Crippen LogP contribution in [0.15, 0.2) is 60.1 Å². The first kappa shape index (κ1) is 22.3. The molecule has 0 bridgehead atoms. The lowest BCUT2D eigenvalue weighted by atomic mass is 9.91. The zero-order chi connectivity index (χ0) is 21.4. The summed E-state index contributed by atoms with van der Waals surface area (Å²) < 4.78 is 12.6. The molecule has 2 aromatic carbocycles. The molecule has 0 saturated carbocycles. The predicted octanol–water partition coefficient (Wildman–Crippen LogP) is 4.74. The van der Waals surface area contributed by atoms with Gasteiger partial charge in [0, 0.05) is 22.7 Å². The van der Waals surface area contributed by atoms with Crippen LogP contribution in [0.25, 0.3) is 0 Å². The van der Waals surface area contributed by atoms with Gasteiger partial charge in [-0.3, -0.25) is 4.79 Å². The van der Waals surface area contributed by atoms with Crippen molar-refractivity contribution in [1.82, 2.24) is 4.98 Å². The van der Waals surface area contributed by atoms with E-state index in [1.165, 1.54) is 0 Å². The van der Waals surface area contributed by atoms with Crippen molar-refractivity contribution in [1.29, 1.82) is 0 Å². The predicted molar refractivity (Wildman–Crippen MR) is 127 cm³/mol. The Bertz CT molecular complexity index is 1060. The number of aromatic nitrogens is 1. The largest absolute Gasteiger partial charge is 0.481 e. The molecular weight excluding hydrogens is 511 g/mol. The number of benzene rings is 2. The highest BCUT2D eigenvalue weighted by molar-refractivity contribution is 14.1. The zero-order valence-electron chi connectivity index (χ0n) is 16.4. The van der Waals surface area contributed by atoms with E-state index in [1.54, 1.807) is 35.7 Å². The number of nitrogens with two attached hydrogens (primary N) is 1. The van der Waals surface area contributed by atoms with Crippen molar-refractivity contribution >= 4 is 39.8 Å². The molecule has 0 radical (unpaired) electrons. The average molecular weight is 532 g/mol. The molecule has 2 N–H and O–H groups in total. The van der Waals surface area contributed by atoms with Crippen molar-refractivity contribution in [3.8, 4) is 17.6 Å². The molecule has 5 nitrogen and oxygen atoms in total. The first-order chi connectivity index (χ1) is 14.6. The smallest absolute Gasteiger partial charge is 0.248 e. The minimum Gasteiger partial charge on any atom is -0.481 e. The molecule has 3 aromatic rings. The van der Waals surface area contributed by atoms with E-state index >= 15 is 0 Å². The summed E-state index contributed by atoms with van der Waals surface area (Å²) in [6, 6.07) is 14.8. The monoisotopic (exact) mass is 532 g/mol. The van der Waals surface area contributed by atoms with Crippen molar-refractivity contribution in [2.75, 3.05) is 11.2 Å². The standard InChI is InChI=1S/C23H21IN2O3S/c1-2-23(29-16-24,22-26-11-13-30-22)19-9-4-10-20(15-19)28-12-5-7-17-6-3-8-18(14-17)21(25)27/h3-4,6,8-11,13-15H,2,12,16H2,1H3,(H2,25,27). The van der Waals surface area contributed by atoms with E-state index in [0.29, 0.717) is 21.5 Å². The Morgan fingerprint density at radius 2 is 2.10 bits per heavy atom. The summed E-state index contributed by atoms with van der Waals surface area (Å²) in [5.41, 5.74) is 6.85. The Balaban J connectivity index is 1.76. The molecule has 7 heteroatoms. The summed E-state index contributed by atoms with van der Waals surface area (Å²) in [7, 11) is 0. The van der Waals surface area contributed by atoms with Crippen LogP contribution < -0.4 is 10.5 Å². The first-order valence-corrected chi connectivity index (χ1v) is 11.7. The molecule has 1 heterocycles. The van der Waals surface area contributed by atoms with Crippen LogP contribution in [0, 0.1) is 11.8 Å². The summed E-state index contributed by atoms with van der Waals surface area (Å²) in [5, 5.41) is 2.88. The molecule has 1 unspecified atom stereocenters. The van der Waals surface area contributed by atoms with E-state index < -0.39 is 11.5 Å². The van der Waals surface area contributed by atoms with Crippen LogP contribution >= 0.6 is 33.9 Å². The van der Waals surface area contributed by atoms with Crippen LogP contribution in [0.3, 0.4) is 0 Å². The van der Waals surface area contributed by atoms with E-state index in [9.17, 15) is 4.79 Å². The fourth-order valence-corrected chi connectivity index (χ4v) is 4.50. The van der Waals surface area contributed by atoms with Crippen molar-refractivity contribution in [3.05, 3.63) is 81.8 Å². The SMILES string of the molecule is CCC(OCI)(c1cccc(OCC#Cc2cccc(C(N)=O)c2)c1)c1nccs1. The maximum atomic E-state index is 11.3. The van der Waals surface area contributed by atoms with Crippen LogP contribution in [-0.4, -0.2) is 22.1 Å². The van der Waals surface area contributed by atoms with Crippen LogP contribution in [0.4, 0.5) is 0 Å². The van der Waals surface area contributed by atoms with Crippen LogP contribution in [0.2, 0.25) is 0 Å². The number of halogens is 1. The first-order valence-electron chi connectivity index (χ1n) is 9.31. The number of carbonyl (C=O) groups is 1. The van der Waals surface area contributed by atoms with Gasteiger partial charge in [0.1, 0.15) is 23.0 Å². The van der Waals surface area contributed by atoms with Gasteiger partial charge in [0.05, 0.1) is 4.61 Å². The van der Waals surface area contributed by atoms with Crippen LogP contribution in [0.5, 0.6) is 5.75 Å². The molecule has 0 saturated heterocycles. The minimum atomic E-state index is -0.602. The number of rotatable bonds is 8. The number of hydrogen-bond donors (Lipinski definition) is 1. The molecular formula is C23H21IN2O3S. The number of primary amides is 1. The lowest BCUT2D eigenvalue weighted by Gasteiger charge is -2.31. The van der Waals surface area contributed by atoms with Gasteiger partial charge in [0.15, 0.2) is 0 Å². The van der Waals surface area contributed by atoms with Gasteiger partial charge in [-0.05, 0) is 42.3 Å². The fraction of sp³-hybridized carbons (Fsp3) is 0.217. The second-order valence-electron chi connectivity index (χ2n) is 6.33. The second-order valence-corrected chi connectivity index (χ2v) is 7.85. The van der Waals surface area contributed by atoms with Gasteiger partial charge in [-0.2, -0.15) is 0 Å². The van der Waals surface area contributed by atoms with Gasteiger partial charge in [0.25, 0.3) is 0 Å². The molecule has 0 aliphatic rings. The maximum absolute atomic E-state index is 11.3. The number of nitrogens with zero attached hydrogens (tertiary/aromatic N) is 1. The van der Waals surface area contributed by atoms with Gasteiger partial charge in [0.2, 0.25) is 5.91 Å². The summed E-state index contributed by atoms with van der Waals surface area (Å²) >= 11 is 3.79. The third kappa shape index (κ3) is 5.19. The topological polar surface area (TPSA) is 74.4 Å². The van der Waals surface area contributed by atoms with Crippen LogP contribution in [0.1, 0.15) is 39.8 Å². The van der Waals surface area contributed by atoms with E-state index in [0.717, 1.165) is 17.0 Å². The molecule has 0 aliphatic heterocycles. The Hall–Kier alpha value is -2.41. The van der Waals surface area contributed by atoms with Crippen molar-refractivity contribution in [3.63, 3.8) is 0 Å². The van der Waals surface area contributed by atoms with Crippen LogP contribution in [-0.2, 0) is 10.3 Å². The summed E-state index contributed by atoms with van der Waals surface area (Å²) in [6.45, 7) is 2.31. The highest BCUT2D eigenvalue weighted by atomic mass is 127. The molecule has 0 aliphatic carbocycles. The molecule has 1 atom stereocenters. The number of hydrogen-bond acceptors (Lipinski definition) is 5. The Kier molecular flexibility index (Phi) is 7.85. The number of amides is 1. The van der Waals surface area contributed by atoms with Crippen molar-refractivity contribution in [2.24, 2.45) is 5.73 Å². The second kappa shape index (κ2) is 10.6. The molecule has 3 rings (SSSR count). The minimum absolute atomic E-state index is 0.216. The van der Waals surface area contributed by atoms with E-state index in [2.05, 4.69) is 46.3 Å². The van der Waals surface area contributed by atoms with Gasteiger partial charge >= 0.3 is 0 Å². The molecule has 30 heavy (non-hydrogen) atoms. The Labute approximate surface area is 193 Å². The maximum Gasteiger partial charge on any atom is 0.248 e. The number of ether oxygens (including phenoxy) is 2. The molecule has 0 spiro atoms. The molecule has 154 valence electrons. The van der Waals surface area contributed by atoms with Crippen molar-refractivity contribution in [2.45, 2.75) is 18.9 Å². The highest BCUT2D eigenvalue weighted by Gasteiger charge is 2.36. The Morgan fingerprint density at radius 3 is 2.80 bits per heavy atom. The van der Waals surface area contributed by atoms with Crippen molar-refractivity contribution < 1.29 is 14.3 Å². The van der Waals surface area contributed by atoms with Gasteiger partial charge in [-0.1, -0.05) is 59.6 Å². The number of alkyl halides is 1. The van der Waals surface area contributed by atoms with E-state index in [-0.39, 0.29) is 6.61 Å². The summed E-state index contributed by atoms with van der Waals surface area (Å²) in [6.07, 6.45) is 2.55. The molecule has 1 aromatic heterocycles. The summed E-state index contributed by atoms with van der Waals surface area (Å²) in [4.78, 5) is 15.8. The normalized spacial score (nSPS) is 12.5. The third-order valence-electron chi connectivity index (χ3n) is 4.57. The third-order valence-corrected chi connectivity index (χ3v) is 5.80. The van der Waals surface area contributed by atoms with E-state index in [4.69, 9.17) is 15.2 Å². The zero-order valence-corrected chi connectivity index (χ0v) is 19.4. The van der Waals surface area contributed by atoms with Gasteiger partial charge in [-0.15, -0.1) is 11.3 Å². The number of carbonyl (C=O) groups excluding carboxylic acids is 1.